The highest BCUT2D eigenvalue weighted by atomic mass is 28.3. The van der Waals surface area contributed by atoms with Gasteiger partial charge in [-0.2, -0.15) is 0 Å². The van der Waals surface area contributed by atoms with Crippen LogP contribution < -0.4 is 20.7 Å². The second-order valence-electron chi connectivity index (χ2n) is 11.8. The molecule has 2 nitrogen and oxygen atoms in total. The molecule has 3 heteroatoms. The van der Waals surface area contributed by atoms with E-state index in [1.807, 2.05) is 0 Å². The molecule has 10 aromatic rings. The van der Waals surface area contributed by atoms with Crippen LogP contribution in [-0.4, -0.2) is 17.2 Å². The summed E-state index contributed by atoms with van der Waals surface area (Å²) in [5.74, 6) is 0. The molecule has 0 atom stereocenters. The lowest BCUT2D eigenvalue weighted by Gasteiger charge is -2.34. The maximum Gasteiger partial charge on any atom is 0.179 e. The molecule has 0 radical (unpaired) electrons. The SMILES string of the molecule is [2H]c1c([2H])c([2H])c([Si](c2ccccc2)(c2ccccc2)c2c([2H])c([2H])c([2H])c(-n3c4c([2H])c([2H])c([2H])c([2H])c4c4c([2H])c(-n5c6ccccc6c6c([2H])c([2H])c([2H])c([2H])c65)c([2H])c([2H])c43)c2[2H])c([2H])c1[2H]. The van der Waals surface area contributed by atoms with Gasteiger partial charge in [-0.3, -0.25) is 0 Å². The van der Waals surface area contributed by atoms with Crippen molar-refractivity contribution in [1.29, 1.82) is 0 Å². The number of nitrogens with zero attached hydrogens (tertiary/aromatic N) is 2. The second-order valence-corrected chi connectivity index (χ2v) is 15.4. The van der Waals surface area contributed by atoms with E-state index in [9.17, 15) is 15.1 Å². The molecule has 0 fully saturated rings. The molecule has 0 aliphatic heterocycles. The summed E-state index contributed by atoms with van der Waals surface area (Å²) in [7, 11) is -4.72. The number of para-hydroxylation sites is 3. The molecule has 0 bridgehead atoms. The summed E-state index contributed by atoms with van der Waals surface area (Å²) < 4.78 is 188. The topological polar surface area (TPSA) is 9.86 Å². The highest BCUT2D eigenvalue weighted by Gasteiger charge is 2.41. The molecule has 0 aliphatic carbocycles. The minimum Gasteiger partial charge on any atom is -0.309 e. The van der Waals surface area contributed by atoms with Gasteiger partial charge in [-0.1, -0.05) is 157 Å². The summed E-state index contributed by atoms with van der Waals surface area (Å²) >= 11 is 0. The maximum atomic E-state index is 10.4. The van der Waals surface area contributed by atoms with Gasteiger partial charge in [-0.25, -0.2) is 0 Å². The van der Waals surface area contributed by atoms with Crippen molar-refractivity contribution in [3.63, 3.8) is 0 Å². The zero-order chi connectivity index (χ0) is 51.2. The minimum atomic E-state index is -4.72. The standard InChI is InChI=1S/C48H34N2Si/c1-4-18-37(19-5-1)51(38-20-6-2-7-21-38,39-22-8-3-9-23-39)40-24-16-17-35(33-40)49-47-30-15-12-27-43(47)44-34-36(31-32-48(44)49)50-45-28-13-10-25-41(45)42-26-11-14-29-46(42)50/h1-34H/i1D,4D,5D,10D,12D,13D,15D,16D,17D,18D,19D,24D,25D,27D,28D,30D,31D,32D,33D,34D. The van der Waals surface area contributed by atoms with E-state index >= 15 is 0 Å². The van der Waals surface area contributed by atoms with Crippen LogP contribution in [0.1, 0.15) is 27.4 Å². The number of fused-ring (bicyclic) bond motifs is 6. The molecule has 0 amide bonds. The average Bonchev–Trinajstić information content (AvgIpc) is 3.90. The number of hydrogen-bond donors (Lipinski definition) is 0. The van der Waals surface area contributed by atoms with E-state index < -0.39 is 157 Å². The largest absolute Gasteiger partial charge is 0.309 e. The summed E-state index contributed by atoms with van der Waals surface area (Å²) in [4.78, 5) is 0. The molecule has 0 N–H and O–H groups in total. The van der Waals surface area contributed by atoms with Gasteiger partial charge in [0.05, 0.1) is 49.5 Å². The Kier molecular flexibility index (Phi) is 3.64. The molecule has 2 aromatic heterocycles. The summed E-state index contributed by atoms with van der Waals surface area (Å²) in [6.07, 6.45) is 0. The van der Waals surface area contributed by atoms with Crippen molar-refractivity contribution in [2.75, 3.05) is 0 Å². The van der Waals surface area contributed by atoms with E-state index in [0.717, 1.165) is 4.57 Å². The lowest BCUT2D eigenvalue weighted by atomic mass is 10.1. The lowest BCUT2D eigenvalue weighted by molar-refractivity contribution is 1.17. The first-order valence-corrected chi connectivity index (χ1v) is 18.0. The molecule has 0 unspecified atom stereocenters. The van der Waals surface area contributed by atoms with E-state index in [4.69, 9.17) is 12.3 Å². The molecule has 240 valence electrons. The third-order valence-corrected chi connectivity index (χ3v) is 13.6. The molecular formula is C48H34N2Si. The normalized spacial score (nSPS) is 17.4. The molecule has 0 saturated heterocycles. The van der Waals surface area contributed by atoms with Gasteiger partial charge >= 0.3 is 0 Å². The van der Waals surface area contributed by atoms with E-state index in [0.29, 0.717) is 15.8 Å². The zero-order valence-corrected chi connectivity index (χ0v) is 27.5. The summed E-state index contributed by atoms with van der Waals surface area (Å²) in [6, 6.07) is 8.86. The van der Waals surface area contributed by atoms with E-state index in [-0.39, 0.29) is 32.2 Å². The Balaban J connectivity index is 1.46. The van der Waals surface area contributed by atoms with Gasteiger partial charge in [0.25, 0.3) is 0 Å². The van der Waals surface area contributed by atoms with Crippen LogP contribution in [0.3, 0.4) is 0 Å². The van der Waals surface area contributed by atoms with Crippen molar-refractivity contribution in [3.8, 4) is 11.4 Å². The first-order valence-electron chi connectivity index (χ1n) is 26.0. The van der Waals surface area contributed by atoms with Crippen molar-refractivity contribution < 1.29 is 27.4 Å². The van der Waals surface area contributed by atoms with Gasteiger partial charge < -0.3 is 9.13 Å². The van der Waals surface area contributed by atoms with Crippen LogP contribution in [0, 0.1) is 0 Å². The van der Waals surface area contributed by atoms with Gasteiger partial charge in [-0.15, -0.1) is 0 Å². The van der Waals surface area contributed by atoms with Crippen molar-refractivity contribution in [3.05, 3.63) is 206 Å². The van der Waals surface area contributed by atoms with Crippen LogP contribution in [0.5, 0.6) is 0 Å². The van der Waals surface area contributed by atoms with Crippen molar-refractivity contribution >= 4 is 72.4 Å². The number of aromatic nitrogens is 2. The molecule has 51 heavy (non-hydrogen) atoms. The predicted molar refractivity (Wildman–Crippen MR) is 219 cm³/mol. The van der Waals surface area contributed by atoms with Crippen molar-refractivity contribution in [2.24, 2.45) is 0 Å². The quantitative estimate of drug-likeness (QED) is 0.122. The predicted octanol–water partition coefficient (Wildman–Crippen LogP) is 9.26. The molecule has 0 saturated carbocycles. The molecule has 2 heterocycles. The second kappa shape index (κ2) is 11.9. The maximum absolute atomic E-state index is 10.4. The van der Waals surface area contributed by atoms with Crippen LogP contribution in [0.15, 0.2) is 206 Å². The van der Waals surface area contributed by atoms with Crippen LogP contribution >= 0.6 is 0 Å². The summed E-state index contributed by atoms with van der Waals surface area (Å²) in [5.41, 5.74) is -1.91. The Bertz CT molecular complexity index is 3930. The number of rotatable bonds is 6. The molecule has 8 aromatic carbocycles. The smallest absolute Gasteiger partial charge is 0.179 e. The summed E-state index contributed by atoms with van der Waals surface area (Å²) in [6.45, 7) is 0. The Morgan fingerprint density at radius 3 is 1.57 bits per heavy atom. The molecule has 0 spiro atoms. The van der Waals surface area contributed by atoms with Gasteiger partial charge in [0.2, 0.25) is 0 Å². The van der Waals surface area contributed by atoms with E-state index in [1.54, 1.807) is 84.9 Å². The summed E-state index contributed by atoms with van der Waals surface area (Å²) in [5, 5.41) is -0.434. The van der Waals surface area contributed by atoms with Gasteiger partial charge in [0, 0.05) is 32.9 Å². The first kappa shape index (κ1) is 15.6. The van der Waals surface area contributed by atoms with Gasteiger partial charge in [-0.05, 0) is 69.1 Å². The Hall–Kier alpha value is -6.42. The van der Waals surface area contributed by atoms with E-state index in [1.165, 1.54) is 4.57 Å². The monoisotopic (exact) mass is 686 g/mol. The zero-order valence-electron chi connectivity index (χ0n) is 46.5. The Labute approximate surface area is 326 Å². The van der Waals surface area contributed by atoms with Gasteiger partial charge in [0.15, 0.2) is 8.07 Å². The number of benzene rings is 8. The molecule has 10 rings (SSSR count). The van der Waals surface area contributed by atoms with Crippen molar-refractivity contribution in [1.82, 2.24) is 9.13 Å². The molecule has 0 aliphatic rings. The van der Waals surface area contributed by atoms with E-state index in [2.05, 4.69) is 0 Å². The van der Waals surface area contributed by atoms with Crippen LogP contribution in [-0.2, 0) is 0 Å². The van der Waals surface area contributed by atoms with Crippen LogP contribution in [0.25, 0.3) is 55.0 Å². The third-order valence-electron chi connectivity index (χ3n) is 9.17. The minimum absolute atomic E-state index is 0.0497. The third kappa shape index (κ3) is 4.49. The highest BCUT2D eigenvalue weighted by molar-refractivity contribution is 7.19. The Morgan fingerprint density at radius 1 is 0.333 bits per heavy atom. The lowest BCUT2D eigenvalue weighted by Crippen LogP contribution is -2.74. The fraction of sp³-hybridized carbons (Fsp3) is 0. The fourth-order valence-corrected chi connectivity index (χ4v) is 11.2. The van der Waals surface area contributed by atoms with Gasteiger partial charge in [0.1, 0.15) is 0 Å². The highest BCUT2D eigenvalue weighted by Crippen LogP contribution is 2.36. The first-order chi connectivity index (χ1) is 33.7. The fourth-order valence-electron chi connectivity index (χ4n) is 7.06. The van der Waals surface area contributed by atoms with Crippen LogP contribution in [0.2, 0.25) is 0 Å². The Morgan fingerprint density at radius 2 is 0.863 bits per heavy atom. The number of hydrogen-bond acceptors (Lipinski definition) is 0. The van der Waals surface area contributed by atoms with Crippen molar-refractivity contribution in [2.45, 2.75) is 0 Å². The van der Waals surface area contributed by atoms with Crippen LogP contribution in [0.4, 0.5) is 0 Å². The molecular weight excluding hydrogens is 633 g/mol. The average molecular weight is 687 g/mol.